The number of pyridine rings is 2. The van der Waals surface area contributed by atoms with E-state index in [1.807, 2.05) is 24.3 Å². The molecule has 3 aromatic rings. The van der Waals surface area contributed by atoms with E-state index in [2.05, 4.69) is 14.9 Å². The molecule has 1 N–H and O–H groups in total. The van der Waals surface area contributed by atoms with Crippen LogP contribution in [0.4, 0.5) is 0 Å². The second kappa shape index (κ2) is 9.36. The Balaban J connectivity index is 1.53. The molecule has 2 aliphatic rings. The summed E-state index contributed by atoms with van der Waals surface area (Å²) in [7, 11) is 0. The van der Waals surface area contributed by atoms with Gasteiger partial charge in [0.15, 0.2) is 5.76 Å². The highest BCUT2D eigenvalue weighted by atomic mass is 16.5. The Morgan fingerprint density at radius 1 is 1.15 bits per heavy atom. The van der Waals surface area contributed by atoms with E-state index < -0.39 is 17.7 Å². The molecule has 2 saturated heterocycles. The van der Waals surface area contributed by atoms with Crippen LogP contribution in [0, 0.1) is 6.92 Å². The van der Waals surface area contributed by atoms with Gasteiger partial charge in [-0.15, -0.1) is 0 Å². The second-order valence-corrected chi connectivity index (χ2v) is 8.56. The van der Waals surface area contributed by atoms with E-state index in [1.165, 1.54) is 0 Å². The summed E-state index contributed by atoms with van der Waals surface area (Å²) in [5.41, 5.74) is 2.39. The SMILES string of the molecule is Cc1nc2ccccn2c1/C(O)=C1\C(=O)C(=O)N(CCCN2CCOCC2)C1c1cccnc1. The fourth-order valence-corrected chi connectivity index (χ4v) is 4.81. The molecule has 34 heavy (non-hydrogen) atoms. The van der Waals surface area contributed by atoms with Gasteiger partial charge < -0.3 is 14.7 Å². The van der Waals surface area contributed by atoms with Gasteiger partial charge >= 0.3 is 0 Å². The van der Waals surface area contributed by atoms with Crippen molar-refractivity contribution in [3.63, 3.8) is 0 Å². The molecule has 1 unspecified atom stereocenters. The Kier molecular flexibility index (Phi) is 6.12. The van der Waals surface area contributed by atoms with Crippen LogP contribution < -0.4 is 0 Å². The summed E-state index contributed by atoms with van der Waals surface area (Å²) >= 11 is 0. The molecule has 5 heterocycles. The monoisotopic (exact) mass is 461 g/mol. The fraction of sp³-hybridized carbons (Fsp3) is 0.360. The van der Waals surface area contributed by atoms with Crippen LogP contribution in [0.1, 0.15) is 29.4 Å². The summed E-state index contributed by atoms with van der Waals surface area (Å²) in [6, 6.07) is 8.39. The van der Waals surface area contributed by atoms with Gasteiger partial charge in [0.2, 0.25) is 0 Å². The number of carbonyl (C=O) groups is 2. The molecule has 1 amide bonds. The third-order valence-electron chi connectivity index (χ3n) is 6.45. The maximum atomic E-state index is 13.3. The van der Waals surface area contributed by atoms with E-state index in [0.717, 1.165) is 19.6 Å². The number of aliphatic hydroxyl groups is 1. The predicted octanol–water partition coefficient (Wildman–Crippen LogP) is 2.18. The van der Waals surface area contributed by atoms with Gasteiger partial charge in [0.1, 0.15) is 11.3 Å². The number of aromatic nitrogens is 3. The van der Waals surface area contributed by atoms with E-state index >= 15 is 0 Å². The van der Waals surface area contributed by atoms with E-state index in [0.29, 0.717) is 48.8 Å². The molecule has 0 saturated carbocycles. The van der Waals surface area contributed by atoms with Crippen molar-refractivity contribution in [2.45, 2.75) is 19.4 Å². The first-order valence-corrected chi connectivity index (χ1v) is 11.5. The minimum atomic E-state index is -0.716. The number of hydrogen-bond acceptors (Lipinski definition) is 7. The van der Waals surface area contributed by atoms with Crippen molar-refractivity contribution in [2.75, 3.05) is 39.4 Å². The standard InChI is InChI=1S/C25H27N5O4/c1-17-21(29-10-3-2-7-19(29)27-17)23(31)20-22(18-6-4-8-26-16-18)30(25(33)24(20)32)11-5-9-28-12-14-34-15-13-28/h2-4,6-8,10,16,22,31H,5,9,11-15H2,1H3/b23-20+. The number of fused-ring (bicyclic) bond motifs is 1. The van der Waals surface area contributed by atoms with Crippen molar-refractivity contribution < 1.29 is 19.4 Å². The highest BCUT2D eigenvalue weighted by Gasteiger charge is 2.46. The van der Waals surface area contributed by atoms with Gasteiger partial charge in [0.25, 0.3) is 11.7 Å². The lowest BCUT2D eigenvalue weighted by Crippen LogP contribution is -2.39. The van der Waals surface area contributed by atoms with Crippen LogP contribution in [-0.4, -0.2) is 80.4 Å². The first kappa shape index (κ1) is 22.2. The van der Waals surface area contributed by atoms with Crippen LogP contribution >= 0.6 is 0 Å². The molecule has 0 bridgehead atoms. The highest BCUT2D eigenvalue weighted by molar-refractivity contribution is 6.46. The van der Waals surface area contributed by atoms with E-state index in [4.69, 9.17) is 4.74 Å². The van der Waals surface area contributed by atoms with Crippen LogP contribution in [0.15, 0.2) is 54.5 Å². The second-order valence-electron chi connectivity index (χ2n) is 8.56. The number of morpholine rings is 1. The molecule has 0 spiro atoms. The van der Waals surface area contributed by atoms with Crippen LogP contribution in [0.2, 0.25) is 0 Å². The molecular formula is C25H27N5O4. The molecular weight excluding hydrogens is 434 g/mol. The van der Waals surface area contributed by atoms with Crippen molar-refractivity contribution in [1.82, 2.24) is 24.2 Å². The molecule has 0 aromatic carbocycles. The summed E-state index contributed by atoms with van der Waals surface area (Å²) in [5, 5.41) is 11.4. The number of aliphatic hydroxyl groups excluding tert-OH is 1. The van der Waals surface area contributed by atoms with Gasteiger partial charge in [-0.25, -0.2) is 4.98 Å². The summed E-state index contributed by atoms with van der Waals surface area (Å²) in [6.45, 7) is 6.11. The zero-order valence-corrected chi connectivity index (χ0v) is 19.1. The number of ketones is 1. The Labute approximate surface area is 197 Å². The van der Waals surface area contributed by atoms with Gasteiger partial charge in [0, 0.05) is 44.8 Å². The average molecular weight is 462 g/mol. The van der Waals surface area contributed by atoms with E-state index in [9.17, 15) is 14.7 Å². The summed E-state index contributed by atoms with van der Waals surface area (Å²) in [4.78, 5) is 39.0. The first-order valence-electron chi connectivity index (χ1n) is 11.5. The minimum absolute atomic E-state index is 0.0677. The number of hydrogen-bond donors (Lipinski definition) is 1. The van der Waals surface area contributed by atoms with E-state index in [-0.39, 0.29) is 11.3 Å². The zero-order valence-electron chi connectivity index (χ0n) is 19.1. The topological polar surface area (TPSA) is 100 Å². The van der Waals surface area contributed by atoms with Crippen LogP contribution in [-0.2, 0) is 14.3 Å². The van der Waals surface area contributed by atoms with Crippen LogP contribution in [0.3, 0.4) is 0 Å². The number of Topliss-reactive ketones (excluding diaryl/α,β-unsaturated/α-hetero) is 1. The molecule has 0 aliphatic carbocycles. The molecule has 0 radical (unpaired) electrons. The predicted molar refractivity (Wildman–Crippen MR) is 125 cm³/mol. The van der Waals surface area contributed by atoms with E-state index in [1.54, 1.807) is 40.9 Å². The normalized spacial score (nSPS) is 21.0. The number of amides is 1. The quantitative estimate of drug-likeness (QED) is 0.341. The number of rotatable bonds is 6. The van der Waals surface area contributed by atoms with Gasteiger partial charge in [-0.05, 0) is 37.1 Å². The summed E-state index contributed by atoms with van der Waals surface area (Å²) in [5.74, 6) is -1.52. The third-order valence-corrected chi connectivity index (χ3v) is 6.45. The molecule has 9 heteroatoms. The molecule has 5 rings (SSSR count). The molecule has 3 aromatic heterocycles. The highest BCUT2D eigenvalue weighted by Crippen LogP contribution is 2.39. The van der Waals surface area contributed by atoms with Crippen molar-refractivity contribution >= 4 is 23.1 Å². The maximum Gasteiger partial charge on any atom is 0.295 e. The Bertz CT molecular complexity index is 1250. The van der Waals surface area contributed by atoms with Crippen molar-refractivity contribution in [3.8, 4) is 0 Å². The zero-order chi connectivity index (χ0) is 23.7. The maximum absolute atomic E-state index is 13.3. The lowest BCUT2D eigenvalue weighted by atomic mass is 9.97. The number of carbonyl (C=O) groups excluding carboxylic acids is 2. The Morgan fingerprint density at radius 2 is 1.97 bits per heavy atom. The van der Waals surface area contributed by atoms with Gasteiger partial charge in [-0.3, -0.25) is 23.9 Å². The number of likely N-dealkylation sites (tertiary alicyclic amines) is 1. The Hall–Kier alpha value is -3.56. The summed E-state index contributed by atoms with van der Waals surface area (Å²) in [6.07, 6.45) is 5.77. The molecule has 2 aliphatic heterocycles. The number of aryl methyl sites for hydroxylation is 1. The van der Waals surface area contributed by atoms with Crippen molar-refractivity contribution in [1.29, 1.82) is 0 Å². The first-order chi connectivity index (χ1) is 16.6. The lowest BCUT2D eigenvalue weighted by molar-refractivity contribution is -0.140. The van der Waals surface area contributed by atoms with Gasteiger partial charge in [-0.2, -0.15) is 0 Å². The van der Waals surface area contributed by atoms with Crippen molar-refractivity contribution in [3.05, 3.63) is 71.4 Å². The minimum Gasteiger partial charge on any atom is -0.505 e. The largest absolute Gasteiger partial charge is 0.505 e. The number of imidazole rings is 1. The molecule has 176 valence electrons. The average Bonchev–Trinajstić information content (AvgIpc) is 3.33. The Morgan fingerprint density at radius 3 is 2.74 bits per heavy atom. The smallest absolute Gasteiger partial charge is 0.295 e. The van der Waals surface area contributed by atoms with Gasteiger partial charge in [0.05, 0.1) is 30.5 Å². The summed E-state index contributed by atoms with van der Waals surface area (Å²) < 4.78 is 7.14. The molecule has 1 atom stereocenters. The third kappa shape index (κ3) is 3.97. The van der Waals surface area contributed by atoms with Gasteiger partial charge in [-0.1, -0.05) is 12.1 Å². The fourth-order valence-electron chi connectivity index (χ4n) is 4.81. The van der Waals surface area contributed by atoms with Crippen LogP contribution in [0.25, 0.3) is 11.4 Å². The lowest BCUT2D eigenvalue weighted by Gasteiger charge is -2.29. The molecule has 2 fully saturated rings. The molecule has 9 nitrogen and oxygen atoms in total. The van der Waals surface area contributed by atoms with Crippen LogP contribution in [0.5, 0.6) is 0 Å². The van der Waals surface area contributed by atoms with Crippen molar-refractivity contribution in [2.24, 2.45) is 0 Å². The number of nitrogens with zero attached hydrogens (tertiary/aromatic N) is 5. The number of ether oxygens (including phenoxy) is 1.